The molecule has 0 N–H and O–H groups in total. The van der Waals surface area contributed by atoms with Crippen LogP contribution in [0.4, 0.5) is 4.79 Å². The second kappa shape index (κ2) is 6.13. The van der Waals surface area contributed by atoms with Crippen molar-refractivity contribution in [3.8, 4) is 0 Å². The first-order valence-electron chi connectivity index (χ1n) is 3.29. The molecule has 0 rings (SSSR count). The van der Waals surface area contributed by atoms with Crippen LogP contribution in [0.15, 0.2) is 12.3 Å². The summed E-state index contributed by atoms with van der Waals surface area (Å²) in [5.74, 6) is 0. The first kappa shape index (κ1) is 9.01. The van der Waals surface area contributed by atoms with Gasteiger partial charge in [0.2, 0.25) is 0 Å². The van der Waals surface area contributed by atoms with Crippen molar-refractivity contribution in [2.45, 2.75) is 20.3 Å². The van der Waals surface area contributed by atoms with Crippen molar-refractivity contribution in [1.82, 2.24) is 0 Å². The first-order chi connectivity index (χ1) is 4.81. The fourth-order valence-corrected chi connectivity index (χ4v) is 0.352. The lowest BCUT2D eigenvalue weighted by Crippen LogP contribution is -2.02. The molecule has 0 saturated carbocycles. The van der Waals surface area contributed by atoms with Crippen LogP contribution in [0.5, 0.6) is 0 Å². The maximum atomic E-state index is 10.4. The molecule has 0 fully saturated rings. The number of carbonyl (C=O) groups excluding carboxylic acids is 1. The summed E-state index contributed by atoms with van der Waals surface area (Å²) in [6.45, 7) is 4.02. The smallest absolute Gasteiger partial charge is 0.434 e. The maximum Gasteiger partial charge on any atom is 0.513 e. The summed E-state index contributed by atoms with van der Waals surface area (Å²) in [5, 5.41) is 0. The third-order valence-corrected chi connectivity index (χ3v) is 0.758. The summed E-state index contributed by atoms with van der Waals surface area (Å²) >= 11 is 0. The van der Waals surface area contributed by atoms with Crippen LogP contribution in [-0.4, -0.2) is 12.8 Å². The zero-order chi connectivity index (χ0) is 7.82. The lowest BCUT2D eigenvalue weighted by atomic mass is 10.5. The summed E-state index contributed by atoms with van der Waals surface area (Å²) in [6.07, 6.45) is 3.26. The van der Waals surface area contributed by atoms with E-state index < -0.39 is 6.16 Å². The topological polar surface area (TPSA) is 35.5 Å². The Morgan fingerprint density at radius 2 is 2.20 bits per heavy atom. The summed E-state index contributed by atoms with van der Waals surface area (Å²) in [6, 6.07) is 0. The molecule has 0 aromatic carbocycles. The van der Waals surface area contributed by atoms with E-state index in [2.05, 4.69) is 9.47 Å². The number of hydrogen-bond donors (Lipinski definition) is 0. The van der Waals surface area contributed by atoms with Crippen LogP contribution in [-0.2, 0) is 9.47 Å². The molecule has 0 saturated heterocycles. The average Bonchev–Trinajstić information content (AvgIpc) is 1.89. The minimum Gasteiger partial charge on any atom is -0.434 e. The van der Waals surface area contributed by atoms with Crippen LogP contribution in [0.3, 0.4) is 0 Å². The van der Waals surface area contributed by atoms with Crippen LogP contribution in [0.25, 0.3) is 0 Å². The summed E-state index contributed by atoms with van der Waals surface area (Å²) in [7, 11) is 0. The highest BCUT2D eigenvalue weighted by atomic mass is 16.7. The van der Waals surface area contributed by atoms with Gasteiger partial charge in [0.05, 0.1) is 12.9 Å². The lowest BCUT2D eigenvalue weighted by Gasteiger charge is -1.96. The highest BCUT2D eigenvalue weighted by molar-refractivity contribution is 5.60. The largest absolute Gasteiger partial charge is 0.513 e. The standard InChI is InChI=1S/C7H12O3/c1-3-5-6-10-7(8)9-4-2/h5-6H,3-4H2,1-2H3/b6-5+. The molecule has 0 heterocycles. The van der Waals surface area contributed by atoms with Crippen LogP contribution >= 0.6 is 0 Å². The molecular weight excluding hydrogens is 132 g/mol. The third-order valence-electron chi connectivity index (χ3n) is 0.758. The van der Waals surface area contributed by atoms with Crippen LogP contribution in [0, 0.1) is 0 Å². The van der Waals surface area contributed by atoms with Gasteiger partial charge in [-0.25, -0.2) is 4.79 Å². The van der Waals surface area contributed by atoms with Crippen molar-refractivity contribution in [1.29, 1.82) is 0 Å². The predicted molar refractivity (Wildman–Crippen MR) is 37.5 cm³/mol. The van der Waals surface area contributed by atoms with E-state index >= 15 is 0 Å². The molecule has 0 bridgehead atoms. The molecule has 0 aliphatic carbocycles. The Labute approximate surface area is 60.6 Å². The molecule has 0 unspecified atom stereocenters. The maximum absolute atomic E-state index is 10.4. The molecule has 0 aromatic rings. The molecular formula is C7H12O3. The molecule has 0 spiro atoms. The van der Waals surface area contributed by atoms with Crippen molar-refractivity contribution >= 4 is 6.16 Å². The fraction of sp³-hybridized carbons (Fsp3) is 0.571. The van der Waals surface area contributed by atoms with Gasteiger partial charge in [-0.3, -0.25) is 0 Å². The predicted octanol–water partition coefficient (Wildman–Crippen LogP) is 2.08. The van der Waals surface area contributed by atoms with Gasteiger partial charge in [-0.1, -0.05) is 6.92 Å². The first-order valence-corrected chi connectivity index (χ1v) is 3.29. The zero-order valence-corrected chi connectivity index (χ0v) is 6.29. The minimum absolute atomic E-state index is 0.346. The van der Waals surface area contributed by atoms with E-state index in [1.54, 1.807) is 13.0 Å². The molecule has 0 aromatic heterocycles. The molecule has 0 amide bonds. The number of rotatable bonds is 3. The zero-order valence-electron chi connectivity index (χ0n) is 6.29. The van der Waals surface area contributed by atoms with Crippen LogP contribution in [0.2, 0.25) is 0 Å². The molecule has 58 valence electrons. The van der Waals surface area contributed by atoms with E-state index in [0.717, 1.165) is 6.42 Å². The van der Waals surface area contributed by atoms with E-state index in [-0.39, 0.29) is 0 Å². The second-order valence-electron chi connectivity index (χ2n) is 1.58. The molecule has 0 radical (unpaired) electrons. The molecule has 0 atom stereocenters. The van der Waals surface area contributed by atoms with Gasteiger partial charge in [0.1, 0.15) is 0 Å². The van der Waals surface area contributed by atoms with Gasteiger partial charge in [-0.05, 0) is 19.4 Å². The van der Waals surface area contributed by atoms with Gasteiger partial charge >= 0.3 is 6.16 Å². The Balaban J connectivity index is 3.30. The second-order valence-corrected chi connectivity index (χ2v) is 1.58. The van der Waals surface area contributed by atoms with Crippen molar-refractivity contribution in [2.75, 3.05) is 6.61 Å². The van der Waals surface area contributed by atoms with Gasteiger partial charge in [0.25, 0.3) is 0 Å². The Kier molecular flexibility index (Phi) is 5.53. The molecule has 0 aliphatic rings. The molecule has 3 heteroatoms. The van der Waals surface area contributed by atoms with Crippen molar-refractivity contribution in [3.05, 3.63) is 12.3 Å². The van der Waals surface area contributed by atoms with E-state index in [1.807, 2.05) is 6.92 Å². The van der Waals surface area contributed by atoms with Crippen LogP contribution < -0.4 is 0 Å². The van der Waals surface area contributed by atoms with E-state index in [0.29, 0.717) is 6.61 Å². The van der Waals surface area contributed by atoms with Crippen molar-refractivity contribution in [3.63, 3.8) is 0 Å². The van der Waals surface area contributed by atoms with Gasteiger partial charge in [0.15, 0.2) is 0 Å². The summed E-state index contributed by atoms with van der Waals surface area (Å²) in [4.78, 5) is 10.4. The van der Waals surface area contributed by atoms with Gasteiger partial charge in [-0.15, -0.1) is 0 Å². The quantitative estimate of drug-likeness (QED) is 0.449. The Bertz CT molecular complexity index is 118. The summed E-state index contributed by atoms with van der Waals surface area (Å²) < 4.78 is 8.96. The van der Waals surface area contributed by atoms with Gasteiger partial charge in [0, 0.05) is 0 Å². The Hall–Kier alpha value is -0.990. The number of allylic oxidation sites excluding steroid dienone is 1. The normalized spacial score (nSPS) is 9.80. The van der Waals surface area contributed by atoms with Crippen LogP contribution in [0.1, 0.15) is 20.3 Å². The van der Waals surface area contributed by atoms with E-state index in [4.69, 9.17) is 0 Å². The van der Waals surface area contributed by atoms with E-state index in [9.17, 15) is 4.79 Å². The minimum atomic E-state index is -0.646. The van der Waals surface area contributed by atoms with E-state index in [1.165, 1.54) is 6.26 Å². The molecule has 10 heavy (non-hydrogen) atoms. The Morgan fingerprint density at radius 1 is 1.50 bits per heavy atom. The number of ether oxygens (including phenoxy) is 2. The average molecular weight is 144 g/mol. The number of carbonyl (C=O) groups is 1. The fourth-order valence-electron chi connectivity index (χ4n) is 0.352. The third kappa shape index (κ3) is 5.15. The van der Waals surface area contributed by atoms with Gasteiger partial charge in [-0.2, -0.15) is 0 Å². The molecule has 0 aliphatic heterocycles. The molecule has 3 nitrogen and oxygen atoms in total. The Morgan fingerprint density at radius 3 is 2.70 bits per heavy atom. The highest BCUT2D eigenvalue weighted by Gasteiger charge is 1.95. The number of hydrogen-bond acceptors (Lipinski definition) is 3. The van der Waals surface area contributed by atoms with Gasteiger partial charge < -0.3 is 9.47 Å². The lowest BCUT2D eigenvalue weighted by molar-refractivity contribution is 0.0893. The SMILES string of the molecule is CC/C=C/OC(=O)OCC. The van der Waals surface area contributed by atoms with Crippen molar-refractivity contribution < 1.29 is 14.3 Å². The highest BCUT2D eigenvalue weighted by Crippen LogP contribution is 1.87. The monoisotopic (exact) mass is 144 g/mol. The van der Waals surface area contributed by atoms with Crippen molar-refractivity contribution in [2.24, 2.45) is 0 Å². The summed E-state index contributed by atoms with van der Waals surface area (Å²) in [5.41, 5.74) is 0.